The van der Waals surface area contributed by atoms with E-state index in [0.717, 1.165) is 27.5 Å². The number of carbonyl (C=O) groups is 1. The van der Waals surface area contributed by atoms with Crippen LogP contribution in [0.5, 0.6) is 5.75 Å². The van der Waals surface area contributed by atoms with Gasteiger partial charge in [-0.3, -0.25) is 4.79 Å². The summed E-state index contributed by atoms with van der Waals surface area (Å²) in [6.07, 6.45) is 2.38. The van der Waals surface area contributed by atoms with E-state index in [-0.39, 0.29) is 0 Å². The summed E-state index contributed by atoms with van der Waals surface area (Å²) >= 11 is 1.53. The van der Waals surface area contributed by atoms with Gasteiger partial charge in [0.05, 0.1) is 12.0 Å². The van der Waals surface area contributed by atoms with Gasteiger partial charge in [-0.2, -0.15) is 0 Å². The summed E-state index contributed by atoms with van der Waals surface area (Å²) in [7, 11) is 1.65. The van der Waals surface area contributed by atoms with Gasteiger partial charge in [0.25, 0.3) is 0 Å². The number of hydrogen-bond donors (Lipinski definition) is 0. The highest BCUT2D eigenvalue weighted by Gasteiger charge is 2.07. The van der Waals surface area contributed by atoms with Crippen molar-refractivity contribution >= 4 is 18.0 Å². The van der Waals surface area contributed by atoms with E-state index in [9.17, 15) is 4.79 Å². The SMILES string of the molecule is COc1ccccc1Sc1ncc(C=O)cc1C. The van der Waals surface area contributed by atoms with E-state index in [0.29, 0.717) is 5.56 Å². The van der Waals surface area contributed by atoms with E-state index in [4.69, 9.17) is 4.74 Å². The van der Waals surface area contributed by atoms with Crippen LogP contribution in [0.2, 0.25) is 0 Å². The zero-order valence-electron chi connectivity index (χ0n) is 10.2. The average molecular weight is 259 g/mol. The fourth-order valence-electron chi connectivity index (χ4n) is 1.56. The first-order valence-electron chi connectivity index (χ1n) is 5.47. The monoisotopic (exact) mass is 259 g/mol. The lowest BCUT2D eigenvalue weighted by Gasteiger charge is -2.08. The highest BCUT2D eigenvalue weighted by atomic mass is 32.2. The maximum Gasteiger partial charge on any atom is 0.151 e. The van der Waals surface area contributed by atoms with Crippen LogP contribution in [0.15, 0.2) is 46.5 Å². The van der Waals surface area contributed by atoms with E-state index in [1.807, 2.05) is 37.3 Å². The van der Waals surface area contributed by atoms with Crippen LogP contribution in [0.4, 0.5) is 0 Å². The van der Waals surface area contributed by atoms with Gasteiger partial charge >= 0.3 is 0 Å². The molecule has 2 rings (SSSR count). The predicted molar refractivity (Wildman–Crippen MR) is 71.5 cm³/mol. The number of nitrogens with zero attached hydrogens (tertiary/aromatic N) is 1. The topological polar surface area (TPSA) is 39.2 Å². The number of pyridine rings is 1. The summed E-state index contributed by atoms with van der Waals surface area (Å²) in [4.78, 5) is 16.0. The summed E-state index contributed by atoms with van der Waals surface area (Å²) in [5, 5.41) is 0.880. The van der Waals surface area contributed by atoms with Crippen molar-refractivity contribution in [2.75, 3.05) is 7.11 Å². The van der Waals surface area contributed by atoms with Crippen molar-refractivity contribution in [1.82, 2.24) is 4.98 Å². The first-order chi connectivity index (χ1) is 8.74. The van der Waals surface area contributed by atoms with E-state index in [1.54, 1.807) is 13.3 Å². The first kappa shape index (κ1) is 12.6. The minimum Gasteiger partial charge on any atom is -0.496 e. The maximum atomic E-state index is 10.7. The van der Waals surface area contributed by atoms with E-state index >= 15 is 0 Å². The Morgan fingerprint density at radius 2 is 2.11 bits per heavy atom. The third-order valence-corrected chi connectivity index (χ3v) is 3.64. The molecule has 0 amide bonds. The fourth-order valence-corrected chi connectivity index (χ4v) is 2.49. The van der Waals surface area contributed by atoms with Gasteiger partial charge in [0.15, 0.2) is 6.29 Å². The molecule has 0 aliphatic rings. The molecule has 0 bridgehead atoms. The van der Waals surface area contributed by atoms with Crippen molar-refractivity contribution < 1.29 is 9.53 Å². The van der Waals surface area contributed by atoms with Crippen molar-refractivity contribution in [1.29, 1.82) is 0 Å². The Morgan fingerprint density at radius 3 is 2.78 bits per heavy atom. The van der Waals surface area contributed by atoms with Crippen molar-refractivity contribution in [2.45, 2.75) is 16.8 Å². The minimum atomic E-state index is 0.594. The number of benzene rings is 1. The van der Waals surface area contributed by atoms with Crippen molar-refractivity contribution in [3.05, 3.63) is 47.7 Å². The van der Waals surface area contributed by atoms with Crippen molar-refractivity contribution in [3.8, 4) is 5.75 Å². The van der Waals surface area contributed by atoms with Crippen LogP contribution >= 0.6 is 11.8 Å². The van der Waals surface area contributed by atoms with Gasteiger partial charge < -0.3 is 4.74 Å². The van der Waals surface area contributed by atoms with Gasteiger partial charge in [-0.25, -0.2) is 4.98 Å². The number of hydrogen-bond acceptors (Lipinski definition) is 4. The molecule has 0 fully saturated rings. The third kappa shape index (κ3) is 2.71. The molecule has 1 aromatic carbocycles. The highest BCUT2D eigenvalue weighted by Crippen LogP contribution is 2.34. The summed E-state index contributed by atoms with van der Waals surface area (Å²) in [6.45, 7) is 1.94. The molecular formula is C14H13NO2S. The molecule has 1 aromatic heterocycles. The van der Waals surface area contributed by atoms with Gasteiger partial charge in [0.1, 0.15) is 10.8 Å². The Bertz CT molecular complexity index is 569. The maximum absolute atomic E-state index is 10.7. The van der Waals surface area contributed by atoms with Crippen molar-refractivity contribution in [2.24, 2.45) is 0 Å². The van der Waals surface area contributed by atoms with Crippen molar-refractivity contribution in [3.63, 3.8) is 0 Å². The largest absolute Gasteiger partial charge is 0.496 e. The molecular weight excluding hydrogens is 246 g/mol. The molecule has 0 saturated heterocycles. The smallest absolute Gasteiger partial charge is 0.151 e. The van der Waals surface area contributed by atoms with Crippen LogP contribution < -0.4 is 4.74 Å². The molecule has 1 heterocycles. The van der Waals surface area contributed by atoms with Gasteiger partial charge in [0, 0.05) is 11.8 Å². The Hall–Kier alpha value is -1.81. The lowest BCUT2D eigenvalue weighted by molar-refractivity contribution is 0.112. The second-order valence-corrected chi connectivity index (χ2v) is 4.79. The number of aryl methyl sites for hydroxylation is 1. The number of aromatic nitrogens is 1. The number of para-hydroxylation sites is 1. The number of methoxy groups -OCH3 is 1. The summed E-state index contributed by atoms with van der Waals surface area (Å²) in [5.41, 5.74) is 1.58. The van der Waals surface area contributed by atoms with E-state index < -0.39 is 0 Å². The third-order valence-electron chi connectivity index (χ3n) is 2.46. The number of ether oxygens (including phenoxy) is 1. The molecule has 0 spiro atoms. The molecule has 0 radical (unpaired) electrons. The fraction of sp³-hybridized carbons (Fsp3) is 0.143. The van der Waals surface area contributed by atoms with Crippen LogP contribution in [-0.4, -0.2) is 18.4 Å². The summed E-state index contributed by atoms with van der Waals surface area (Å²) < 4.78 is 5.30. The average Bonchev–Trinajstić information content (AvgIpc) is 2.41. The molecule has 0 unspecified atom stereocenters. The Morgan fingerprint density at radius 1 is 1.33 bits per heavy atom. The predicted octanol–water partition coefficient (Wildman–Crippen LogP) is 3.36. The quantitative estimate of drug-likeness (QED) is 0.789. The molecule has 4 heteroatoms. The minimum absolute atomic E-state index is 0.594. The second-order valence-electron chi connectivity index (χ2n) is 3.76. The van der Waals surface area contributed by atoms with Gasteiger partial charge in [-0.15, -0.1) is 0 Å². The standard InChI is InChI=1S/C14H13NO2S/c1-10-7-11(9-16)8-15-14(10)18-13-6-4-3-5-12(13)17-2/h3-9H,1-2H3. The van der Waals surface area contributed by atoms with E-state index in [1.165, 1.54) is 11.8 Å². The van der Waals surface area contributed by atoms with Gasteiger partial charge in [0.2, 0.25) is 0 Å². The molecule has 92 valence electrons. The molecule has 0 N–H and O–H groups in total. The van der Waals surface area contributed by atoms with Crippen LogP contribution in [0.3, 0.4) is 0 Å². The zero-order valence-corrected chi connectivity index (χ0v) is 11.0. The molecule has 2 aromatic rings. The normalized spacial score (nSPS) is 10.1. The Kier molecular flexibility index (Phi) is 3.99. The number of aldehydes is 1. The van der Waals surface area contributed by atoms with E-state index in [2.05, 4.69) is 4.98 Å². The lowest BCUT2D eigenvalue weighted by atomic mass is 10.2. The summed E-state index contributed by atoms with van der Waals surface area (Å²) in [6, 6.07) is 9.62. The number of carbonyl (C=O) groups excluding carboxylic acids is 1. The molecule has 0 atom stereocenters. The Balaban J connectivity index is 2.31. The lowest BCUT2D eigenvalue weighted by Crippen LogP contribution is -1.91. The van der Waals surface area contributed by atoms with Crippen LogP contribution in [0, 0.1) is 6.92 Å². The summed E-state index contributed by atoms with van der Waals surface area (Å²) in [5.74, 6) is 0.822. The van der Waals surface area contributed by atoms with Crippen LogP contribution in [-0.2, 0) is 0 Å². The highest BCUT2D eigenvalue weighted by molar-refractivity contribution is 7.99. The van der Waals surface area contributed by atoms with Crippen LogP contribution in [0.1, 0.15) is 15.9 Å². The molecule has 3 nitrogen and oxygen atoms in total. The van der Waals surface area contributed by atoms with Gasteiger partial charge in [-0.1, -0.05) is 23.9 Å². The number of rotatable bonds is 4. The molecule has 18 heavy (non-hydrogen) atoms. The van der Waals surface area contributed by atoms with Gasteiger partial charge in [-0.05, 0) is 30.7 Å². The Labute approximate surface area is 110 Å². The second kappa shape index (κ2) is 5.69. The molecule has 0 saturated carbocycles. The zero-order chi connectivity index (χ0) is 13.0. The molecule has 0 aliphatic carbocycles. The molecule has 0 aliphatic heterocycles. The first-order valence-corrected chi connectivity index (χ1v) is 6.29. The van der Waals surface area contributed by atoms with Crippen LogP contribution in [0.25, 0.3) is 0 Å².